The fourth-order valence-corrected chi connectivity index (χ4v) is 8.31. The van der Waals surface area contributed by atoms with Gasteiger partial charge in [-0.05, 0) is 93.5 Å². The van der Waals surface area contributed by atoms with Crippen LogP contribution in [-0.2, 0) is 20.1 Å². The van der Waals surface area contributed by atoms with E-state index in [0.29, 0.717) is 0 Å². The number of benzene rings is 8. The number of pyridine rings is 3. The normalized spacial score (nSPS) is 10.4. The molecular formula is C67H52IrN3. The molecule has 0 aliphatic heterocycles. The van der Waals surface area contributed by atoms with E-state index in [4.69, 9.17) is 0 Å². The van der Waals surface area contributed by atoms with Crippen LogP contribution >= 0.6 is 0 Å². The standard InChI is InChI=1S/C25H20N.C23H16N.C19H16N.Ir/c1-18-15-22(20-9-5-3-6-10-20)13-14-23(18)24-16-25(26-17-19(24)2)21-11-7-4-8-12-21;1-3-7-18(8-4-1)20-11-13-21(14-12-20)23-16-15-22(17-24-23)19-9-5-2-6-10-19;1-14-8-11-19(20-13-14)17-10-9-15(2)18(12-17)16-6-4-3-5-7-16;/h3-11,13-17H,1-2H3;1-13,15-17H;3-9,11-13H,1-2H3;/q3*-1;+3. The number of aromatic nitrogens is 3. The molecule has 3 aromatic heterocycles. The van der Waals surface area contributed by atoms with E-state index in [1.54, 1.807) is 0 Å². The SMILES string of the molecule is Cc1cc(-c2ccccc2)ccc1-c1cc(-c2[c-]cccc2)ncc1C.Cc1ccc(-c2[c-]cc(C)c(-c3ccccc3)c2)nc1.[Ir+3].[c-]1cc(-c2ccccc2)ccc1-c1ccc(-c2ccccc2)cn1. The predicted octanol–water partition coefficient (Wildman–Crippen LogP) is 17.2. The van der Waals surface area contributed by atoms with E-state index in [0.717, 1.165) is 39.3 Å². The van der Waals surface area contributed by atoms with E-state index in [1.807, 2.05) is 117 Å². The van der Waals surface area contributed by atoms with Gasteiger partial charge in [0.1, 0.15) is 0 Å². The summed E-state index contributed by atoms with van der Waals surface area (Å²) in [5.41, 5.74) is 22.9. The van der Waals surface area contributed by atoms with Gasteiger partial charge in [0.25, 0.3) is 0 Å². The van der Waals surface area contributed by atoms with Crippen molar-refractivity contribution >= 4 is 0 Å². The van der Waals surface area contributed by atoms with Crippen LogP contribution in [0.2, 0.25) is 0 Å². The van der Waals surface area contributed by atoms with Crippen molar-refractivity contribution in [3.05, 3.63) is 283 Å². The minimum atomic E-state index is 0. The second-order valence-electron chi connectivity index (χ2n) is 17.2. The van der Waals surface area contributed by atoms with E-state index >= 15 is 0 Å². The van der Waals surface area contributed by atoms with Crippen LogP contribution in [0.15, 0.2) is 243 Å². The molecule has 11 rings (SSSR count). The monoisotopic (exact) mass is 1090 g/mol. The Balaban J connectivity index is 0.000000143. The van der Waals surface area contributed by atoms with Crippen LogP contribution in [0.3, 0.4) is 0 Å². The van der Waals surface area contributed by atoms with Gasteiger partial charge >= 0.3 is 20.1 Å². The van der Waals surface area contributed by atoms with Crippen LogP contribution in [0.25, 0.3) is 89.4 Å². The Morgan fingerprint density at radius 1 is 0.296 bits per heavy atom. The van der Waals surface area contributed by atoms with Gasteiger partial charge < -0.3 is 15.0 Å². The van der Waals surface area contributed by atoms with E-state index < -0.39 is 0 Å². The van der Waals surface area contributed by atoms with Gasteiger partial charge in [-0.3, -0.25) is 0 Å². The molecule has 0 bridgehead atoms. The van der Waals surface area contributed by atoms with Crippen molar-refractivity contribution in [2.75, 3.05) is 0 Å². The van der Waals surface area contributed by atoms with Gasteiger partial charge in [-0.25, -0.2) is 0 Å². The Labute approximate surface area is 433 Å². The number of hydrogen-bond acceptors (Lipinski definition) is 3. The summed E-state index contributed by atoms with van der Waals surface area (Å²) < 4.78 is 0. The fourth-order valence-electron chi connectivity index (χ4n) is 8.31. The Bertz CT molecular complexity index is 3320. The minimum absolute atomic E-state index is 0. The molecule has 11 aromatic rings. The summed E-state index contributed by atoms with van der Waals surface area (Å²) in [6.45, 7) is 8.46. The molecule has 0 N–H and O–H groups in total. The Kier molecular flexibility index (Phi) is 16.6. The van der Waals surface area contributed by atoms with Crippen molar-refractivity contribution in [3.63, 3.8) is 0 Å². The molecule has 0 atom stereocenters. The third kappa shape index (κ3) is 12.6. The molecule has 0 aliphatic rings. The topological polar surface area (TPSA) is 38.7 Å². The van der Waals surface area contributed by atoms with Gasteiger partial charge in [-0.2, -0.15) is 0 Å². The average molecular weight is 1090 g/mol. The third-order valence-corrected chi connectivity index (χ3v) is 12.2. The molecule has 0 saturated carbocycles. The molecule has 3 nitrogen and oxygen atoms in total. The Morgan fingerprint density at radius 3 is 1.41 bits per heavy atom. The summed E-state index contributed by atoms with van der Waals surface area (Å²) in [5.74, 6) is 0. The van der Waals surface area contributed by atoms with Gasteiger partial charge in [0.05, 0.1) is 0 Å². The van der Waals surface area contributed by atoms with Crippen molar-refractivity contribution < 1.29 is 20.1 Å². The first-order valence-corrected chi connectivity index (χ1v) is 23.6. The summed E-state index contributed by atoms with van der Waals surface area (Å²) >= 11 is 0. The average Bonchev–Trinajstić information content (AvgIpc) is 3.43. The molecule has 3 heterocycles. The van der Waals surface area contributed by atoms with Crippen molar-refractivity contribution in [3.8, 4) is 89.4 Å². The molecule has 0 saturated heterocycles. The number of hydrogen-bond donors (Lipinski definition) is 0. The quantitative estimate of drug-likeness (QED) is 0.142. The second kappa shape index (κ2) is 23.9. The zero-order chi connectivity index (χ0) is 48.1. The minimum Gasteiger partial charge on any atom is -0.304 e. The zero-order valence-electron chi connectivity index (χ0n) is 40.3. The first-order chi connectivity index (χ1) is 34.4. The van der Waals surface area contributed by atoms with Crippen LogP contribution in [0, 0.1) is 45.9 Å². The molecule has 8 aromatic carbocycles. The van der Waals surface area contributed by atoms with E-state index in [-0.39, 0.29) is 20.1 Å². The van der Waals surface area contributed by atoms with Crippen molar-refractivity contribution in [1.82, 2.24) is 15.0 Å². The van der Waals surface area contributed by atoms with Crippen molar-refractivity contribution in [2.24, 2.45) is 0 Å². The molecule has 0 unspecified atom stereocenters. The third-order valence-electron chi connectivity index (χ3n) is 12.2. The van der Waals surface area contributed by atoms with Crippen LogP contribution < -0.4 is 0 Å². The van der Waals surface area contributed by atoms with Gasteiger partial charge in [0.15, 0.2) is 0 Å². The van der Waals surface area contributed by atoms with E-state index in [2.05, 4.69) is 187 Å². The molecule has 0 amide bonds. The molecule has 344 valence electrons. The van der Waals surface area contributed by atoms with Crippen molar-refractivity contribution in [1.29, 1.82) is 0 Å². The largest absolute Gasteiger partial charge is 3.00 e. The predicted molar refractivity (Wildman–Crippen MR) is 292 cm³/mol. The van der Waals surface area contributed by atoms with Gasteiger partial charge in [-0.1, -0.05) is 193 Å². The van der Waals surface area contributed by atoms with E-state index in [1.165, 1.54) is 72.3 Å². The van der Waals surface area contributed by atoms with Crippen molar-refractivity contribution in [2.45, 2.75) is 27.7 Å². The first-order valence-electron chi connectivity index (χ1n) is 23.6. The van der Waals surface area contributed by atoms with Crippen LogP contribution in [-0.4, -0.2) is 15.0 Å². The zero-order valence-corrected chi connectivity index (χ0v) is 42.7. The molecule has 4 heteroatoms. The smallest absolute Gasteiger partial charge is 0.304 e. The van der Waals surface area contributed by atoms with E-state index in [9.17, 15) is 0 Å². The molecule has 0 fully saturated rings. The first kappa shape index (κ1) is 49.3. The summed E-state index contributed by atoms with van der Waals surface area (Å²) in [6, 6.07) is 87.1. The maximum atomic E-state index is 4.60. The van der Waals surface area contributed by atoms with Gasteiger partial charge in [-0.15, -0.1) is 95.1 Å². The summed E-state index contributed by atoms with van der Waals surface area (Å²) in [5, 5.41) is 0. The number of aryl methyl sites for hydroxylation is 4. The summed E-state index contributed by atoms with van der Waals surface area (Å²) in [6.07, 6.45) is 5.77. The maximum absolute atomic E-state index is 4.60. The number of nitrogens with zero attached hydrogens (tertiary/aromatic N) is 3. The molecule has 0 radical (unpaired) electrons. The van der Waals surface area contributed by atoms with Gasteiger partial charge in [0.2, 0.25) is 0 Å². The fraction of sp³-hybridized carbons (Fsp3) is 0.0597. The second-order valence-corrected chi connectivity index (χ2v) is 17.2. The Hall–Kier alpha value is -8.14. The molecule has 71 heavy (non-hydrogen) atoms. The van der Waals surface area contributed by atoms with Gasteiger partial charge in [0, 0.05) is 18.6 Å². The van der Waals surface area contributed by atoms with Crippen LogP contribution in [0.4, 0.5) is 0 Å². The number of rotatable bonds is 8. The van der Waals surface area contributed by atoms with Crippen LogP contribution in [0.1, 0.15) is 22.3 Å². The summed E-state index contributed by atoms with van der Waals surface area (Å²) in [4.78, 5) is 13.7. The van der Waals surface area contributed by atoms with Crippen LogP contribution in [0.5, 0.6) is 0 Å². The molecule has 0 spiro atoms. The summed E-state index contributed by atoms with van der Waals surface area (Å²) in [7, 11) is 0. The maximum Gasteiger partial charge on any atom is 3.00 e. The molecular weight excluding hydrogens is 1040 g/mol. The Morgan fingerprint density at radius 2 is 0.831 bits per heavy atom. The molecule has 0 aliphatic carbocycles.